The van der Waals surface area contributed by atoms with Gasteiger partial charge in [-0.3, -0.25) is 0 Å². The molecular weight excluding hydrogens is 419 g/mol. The molecule has 0 radical (unpaired) electrons. The van der Waals surface area contributed by atoms with E-state index in [0.29, 0.717) is 24.0 Å². The van der Waals surface area contributed by atoms with Crippen LogP contribution in [-0.2, 0) is 22.7 Å². The molecule has 0 saturated heterocycles. The second-order valence-corrected chi connectivity index (χ2v) is 6.83. The van der Waals surface area contributed by atoms with Gasteiger partial charge in [0.1, 0.15) is 24.2 Å². The van der Waals surface area contributed by atoms with Crippen LogP contribution in [0.3, 0.4) is 0 Å². The molecule has 0 fully saturated rings. The number of allylic oxidation sites excluding steroid dienone is 1. The summed E-state index contributed by atoms with van der Waals surface area (Å²) in [6.07, 6.45) is 7.39. The Morgan fingerprint density at radius 1 is 1.30 bits per heavy atom. The van der Waals surface area contributed by atoms with E-state index in [1.54, 1.807) is 6.08 Å². The van der Waals surface area contributed by atoms with Gasteiger partial charge in [-0.25, -0.2) is 23.4 Å². The molecule has 3 aromatic rings. The molecule has 0 unspecified atom stereocenters. The highest BCUT2D eigenvalue weighted by Crippen LogP contribution is 2.42. The highest BCUT2D eigenvalue weighted by molar-refractivity contribution is 6.32. The van der Waals surface area contributed by atoms with Gasteiger partial charge in [0.2, 0.25) is 11.8 Å². The van der Waals surface area contributed by atoms with Crippen LogP contribution < -0.4 is 4.74 Å². The molecule has 1 aliphatic carbocycles. The average Bonchev–Trinajstić information content (AvgIpc) is 3.34. The lowest BCUT2D eigenvalue weighted by Crippen LogP contribution is -2.17. The maximum Gasteiger partial charge on any atom is 0.345 e. The number of halogens is 2. The summed E-state index contributed by atoms with van der Waals surface area (Å²) in [5, 5.41) is 24.7. The van der Waals surface area contributed by atoms with Gasteiger partial charge in [-0.1, -0.05) is 23.8 Å². The van der Waals surface area contributed by atoms with Gasteiger partial charge in [0.05, 0.1) is 10.7 Å². The summed E-state index contributed by atoms with van der Waals surface area (Å²) < 4.78 is 27.2. The van der Waals surface area contributed by atoms with Crippen molar-refractivity contribution in [2.45, 2.75) is 19.6 Å². The Hall–Kier alpha value is -3.53. The third-order valence-electron chi connectivity index (χ3n) is 4.52. The smallest absolute Gasteiger partial charge is 0.345 e. The Labute approximate surface area is 174 Å². The predicted molar refractivity (Wildman–Crippen MR) is 103 cm³/mol. The normalized spacial score (nSPS) is 12.6. The molecule has 1 aromatic carbocycles. The predicted octanol–water partition coefficient (Wildman–Crippen LogP) is 2.81. The molecule has 0 aliphatic heterocycles. The first-order valence-corrected chi connectivity index (χ1v) is 9.25. The fourth-order valence-corrected chi connectivity index (χ4v) is 3.31. The fraction of sp³-hybridized carbons (Fsp3) is 0.211. The average molecular weight is 435 g/mol. The highest BCUT2D eigenvalue weighted by atomic mass is 35.5. The van der Waals surface area contributed by atoms with Crippen LogP contribution in [0.15, 0.2) is 30.9 Å². The van der Waals surface area contributed by atoms with Gasteiger partial charge in [-0.15, -0.1) is 0 Å². The van der Waals surface area contributed by atoms with Crippen LogP contribution in [0.5, 0.6) is 17.5 Å². The minimum atomic E-state index is -0.789. The van der Waals surface area contributed by atoms with Crippen molar-refractivity contribution in [2.75, 3.05) is 6.61 Å². The number of hydrogen-bond acceptors (Lipinski definition) is 7. The van der Waals surface area contributed by atoms with E-state index in [1.807, 2.05) is 6.08 Å². The van der Waals surface area contributed by atoms with Crippen molar-refractivity contribution in [3.8, 4) is 23.2 Å². The Bertz CT molecular complexity index is 1130. The number of hydrogen-bond donors (Lipinski definition) is 2. The van der Waals surface area contributed by atoms with Crippen molar-refractivity contribution >= 4 is 23.6 Å². The molecule has 4 rings (SSSR count). The van der Waals surface area contributed by atoms with Crippen LogP contribution in [0, 0.1) is 5.82 Å². The van der Waals surface area contributed by atoms with E-state index in [1.165, 1.54) is 23.4 Å². The first-order chi connectivity index (χ1) is 14.5. The Morgan fingerprint density at radius 3 is 2.87 bits per heavy atom. The van der Waals surface area contributed by atoms with Crippen LogP contribution in [0.2, 0.25) is 5.02 Å². The fourth-order valence-electron chi connectivity index (χ4n) is 3.11. The van der Waals surface area contributed by atoms with Crippen molar-refractivity contribution in [2.24, 2.45) is 0 Å². The number of aromatic hydroxyl groups is 2. The summed E-state index contributed by atoms with van der Waals surface area (Å²) in [4.78, 5) is 15.6. The topological polar surface area (TPSA) is 112 Å². The van der Waals surface area contributed by atoms with E-state index in [9.17, 15) is 19.4 Å². The monoisotopic (exact) mass is 434 g/mol. The number of ether oxygens (including phenoxy) is 2. The maximum atomic E-state index is 14.6. The van der Waals surface area contributed by atoms with Gasteiger partial charge in [0, 0.05) is 17.2 Å². The number of fused-ring (bicyclic) bond motifs is 1. The Kier molecular flexibility index (Phi) is 5.32. The van der Waals surface area contributed by atoms with E-state index in [-0.39, 0.29) is 35.0 Å². The lowest BCUT2D eigenvalue weighted by Gasteiger charge is -2.13. The van der Waals surface area contributed by atoms with Crippen LogP contribution in [-0.4, -0.2) is 42.1 Å². The van der Waals surface area contributed by atoms with Gasteiger partial charge < -0.3 is 19.7 Å². The first-order valence-electron chi connectivity index (χ1n) is 8.88. The molecule has 2 N–H and O–H groups in total. The van der Waals surface area contributed by atoms with Crippen molar-refractivity contribution in [1.29, 1.82) is 0 Å². The number of aromatic nitrogens is 4. The summed E-state index contributed by atoms with van der Waals surface area (Å²) in [6.45, 7) is -0.642. The SMILES string of the molecule is O=C(COc1cc(-n2c(O)c3c(c2O)CCC=C3)c(F)cc1Cl)OCn1cncn1. The minimum Gasteiger partial charge on any atom is -0.494 e. The van der Waals surface area contributed by atoms with Crippen molar-refractivity contribution in [3.63, 3.8) is 0 Å². The first kappa shape index (κ1) is 19.8. The lowest BCUT2D eigenvalue weighted by atomic mass is 10.0. The molecule has 0 atom stereocenters. The maximum absolute atomic E-state index is 14.6. The summed E-state index contributed by atoms with van der Waals surface area (Å²) in [6, 6.07) is 2.16. The zero-order valence-corrected chi connectivity index (χ0v) is 16.2. The summed E-state index contributed by atoms with van der Waals surface area (Å²) >= 11 is 6.03. The number of esters is 1. The van der Waals surface area contributed by atoms with E-state index < -0.39 is 18.4 Å². The quantitative estimate of drug-likeness (QED) is 0.574. The molecule has 30 heavy (non-hydrogen) atoms. The van der Waals surface area contributed by atoms with Crippen LogP contribution in [0.25, 0.3) is 11.8 Å². The number of benzene rings is 1. The molecule has 0 amide bonds. The van der Waals surface area contributed by atoms with E-state index >= 15 is 0 Å². The van der Waals surface area contributed by atoms with E-state index in [2.05, 4.69) is 10.1 Å². The van der Waals surface area contributed by atoms with Gasteiger partial charge in [-0.2, -0.15) is 5.10 Å². The van der Waals surface area contributed by atoms with Gasteiger partial charge in [0.15, 0.2) is 13.3 Å². The van der Waals surface area contributed by atoms with Crippen LogP contribution >= 0.6 is 11.6 Å². The molecule has 0 bridgehead atoms. The van der Waals surface area contributed by atoms with Gasteiger partial charge >= 0.3 is 5.97 Å². The Balaban J connectivity index is 1.55. The second kappa shape index (κ2) is 8.07. The minimum absolute atomic E-state index is 0.0215. The molecule has 11 heteroatoms. The molecule has 1 aliphatic rings. The molecule has 156 valence electrons. The molecule has 2 heterocycles. The highest BCUT2D eigenvalue weighted by Gasteiger charge is 2.25. The third-order valence-corrected chi connectivity index (χ3v) is 4.81. The summed E-state index contributed by atoms with van der Waals surface area (Å²) in [5.74, 6) is -2.10. The number of nitrogens with zero attached hydrogens (tertiary/aromatic N) is 4. The molecule has 9 nitrogen and oxygen atoms in total. The second-order valence-electron chi connectivity index (χ2n) is 6.42. The third kappa shape index (κ3) is 3.69. The van der Waals surface area contributed by atoms with Gasteiger partial charge in [-0.05, 0) is 18.9 Å². The molecule has 2 aromatic heterocycles. The summed E-state index contributed by atoms with van der Waals surface area (Å²) in [5.41, 5.74) is 0.763. The number of carbonyl (C=O) groups is 1. The van der Waals surface area contributed by atoms with Crippen molar-refractivity contribution < 1.29 is 28.9 Å². The Morgan fingerprint density at radius 2 is 2.13 bits per heavy atom. The molecular formula is C19H16ClFN4O5. The molecule has 0 spiro atoms. The van der Waals surface area contributed by atoms with Crippen LogP contribution in [0.1, 0.15) is 17.5 Å². The van der Waals surface area contributed by atoms with Crippen LogP contribution in [0.4, 0.5) is 4.39 Å². The standard InChI is InChI=1S/C19H16ClFN4O5/c20-13-5-14(21)15(25-18(27)11-3-1-2-4-12(11)19(25)28)6-16(13)29-7-17(26)30-10-24-9-22-8-23-24/h1,3,5-6,8-9,27-28H,2,4,7,10H2. The lowest BCUT2D eigenvalue weighted by molar-refractivity contribution is -0.150. The zero-order valence-electron chi connectivity index (χ0n) is 15.5. The zero-order chi connectivity index (χ0) is 21.3. The number of carbonyl (C=O) groups excluding carboxylic acids is 1. The molecule has 0 saturated carbocycles. The van der Waals surface area contributed by atoms with Crippen molar-refractivity contribution in [3.05, 3.63) is 52.8 Å². The summed E-state index contributed by atoms with van der Waals surface area (Å²) in [7, 11) is 0. The largest absolute Gasteiger partial charge is 0.494 e. The van der Waals surface area contributed by atoms with E-state index in [4.69, 9.17) is 21.1 Å². The van der Waals surface area contributed by atoms with Gasteiger partial charge in [0.25, 0.3) is 0 Å². The number of rotatable bonds is 6. The van der Waals surface area contributed by atoms with Crippen molar-refractivity contribution in [1.82, 2.24) is 19.3 Å². The van der Waals surface area contributed by atoms with E-state index in [0.717, 1.165) is 10.6 Å².